The molecule has 4 rings (SSSR count). The van der Waals surface area contributed by atoms with E-state index < -0.39 is 0 Å². The second kappa shape index (κ2) is 5.31. The highest BCUT2D eigenvalue weighted by atomic mass is 16.3. The number of hydrogen-bond acceptors (Lipinski definition) is 6. The lowest BCUT2D eigenvalue weighted by atomic mass is 10.1. The molecule has 2 aromatic heterocycles. The van der Waals surface area contributed by atoms with Crippen LogP contribution < -0.4 is 5.84 Å². The smallest absolute Gasteiger partial charge is 0.204 e. The van der Waals surface area contributed by atoms with E-state index in [4.69, 9.17) is 5.84 Å². The first-order valence-electron chi connectivity index (χ1n) is 7.35. The molecule has 0 radical (unpaired) electrons. The number of rotatable bonds is 2. The minimum atomic E-state index is 0.0578. The van der Waals surface area contributed by atoms with E-state index in [1.54, 1.807) is 24.3 Å². The molecule has 0 aliphatic rings. The molecule has 0 bridgehead atoms. The molecule has 3 N–H and O–H groups in total. The van der Waals surface area contributed by atoms with Crippen LogP contribution >= 0.6 is 0 Å². The predicted molar refractivity (Wildman–Crippen MR) is 91.7 cm³/mol. The number of aromatic hydroxyl groups is 1. The Morgan fingerprint density at radius 3 is 2.62 bits per heavy atom. The Morgan fingerprint density at radius 2 is 1.83 bits per heavy atom. The fourth-order valence-electron chi connectivity index (χ4n) is 2.83. The van der Waals surface area contributed by atoms with Crippen molar-refractivity contribution >= 4 is 27.8 Å². The van der Waals surface area contributed by atoms with Crippen molar-refractivity contribution in [2.75, 3.05) is 0 Å². The van der Waals surface area contributed by atoms with Gasteiger partial charge in [0.2, 0.25) is 5.82 Å². The number of phenols is 1. The van der Waals surface area contributed by atoms with Crippen LogP contribution in [-0.4, -0.2) is 30.6 Å². The van der Waals surface area contributed by atoms with E-state index in [1.165, 1.54) is 0 Å². The first-order chi connectivity index (χ1) is 11.7. The molecule has 2 aromatic carbocycles. The number of para-hydroxylation sites is 2. The van der Waals surface area contributed by atoms with Gasteiger partial charge in [-0.25, -0.2) is 4.98 Å². The number of phenolic OH excluding ortho intramolecular Hbond substituents is 1. The summed E-state index contributed by atoms with van der Waals surface area (Å²) < 4.78 is 1.95. The van der Waals surface area contributed by atoms with Crippen molar-refractivity contribution in [3.63, 3.8) is 0 Å². The van der Waals surface area contributed by atoms with Crippen molar-refractivity contribution in [1.29, 1.82) is 0 Å². The Kier molecular flexibility index (Phi) is 3.13. The van der Waals surface area contributed by atoms with Gasteiger partial charge in [-0.15, -0.1) is 10.2 Å². The molecule has 7 heteroatoms. The maximum absolute atomic E-state index is 10.0. The molecule has 0 aliphatic carbocycles. The van der Waals surface area contributed by atoms with Gasteiger partial charge in [-0.3, -0.25) is 0 Å². The summed E-state index contributed by atoms with van der Waals surface area (Å²) in [6.45, 7) is 0. The molecule has 4 aromatic rings. The van der Waals surface area contributed by atoms with Crippen molar-refractivity contribution in [2.45, 2.75) is 0 Å². The Balaban J connectivity index is 1.96. The lowest BCUT2D eigenvalue weighted by Crippen LogP contribution is -2.13. The molecule has 7 nitrogen and oxygen atoms in total. The predicted octanol–water partition coefficient (Wildman–Crippen LogP) is 1.93. The third-order valence-corrected chi connectivity index (χ3v) is 4.01. The Bertz CT molecular complexity index is 1100. The summed E-state index contributed by atoms with van der Waals surface area (Å²) in [5.74, 6) is 5.84. The molecule has 118 valence electrons. The molecule has 24 heavy (non-hydrogen) atoms. The molecule has 0 saturated carbocycles. The second-order valence-electron chi connectivity index (χ2n) is 5.38. The summed E-state index contributed by atoms with van der Waals surface area (Å²) >= 11 is 0. The molecule has 0 saturated heterocycles. The number of aromatic nitrogens is 4. The highest BCUT2D eigenvalue weighted by Crippen LogP contribution is 2.25. The van der Waals surface area contributed by atoms with Gasteiger partial charge in [-0.05, 0) is 18.2 Å². The number of nitrogens with zero attached hydrogens (tertiary/aromatic N) is 5. The molecular weight excluding hydrogens is 304 g/mol. The van der Waals surface area contributed by atoms with Gasteiger partial charge in [0.1, 0.15) is 17.0 Å². The van der Waals surface area contributed by atoms with Crippen LogP contribution in [0.2, 0.25) is 0 Å². The third kappa shape index (κ3) is 1.98. The van der Waals surface area contributed by atoms with E-state index in [0.717, 1.165) is 10.9 Å². The number of hydrogen-bond donors (Lipinski definition) is 2. The molecular formula is C17H14N6O. The van der Waals surface area contributed by atoms with Crippen molar-refractivity contribution < 1.29 is 5.11 Å². The highest BCUT2D eigenvalue weighted by Gasteiger charge is 2.18. The summed E-state index contributed by atoms with van der Waals surface area (Å²) in [4.78, 5) is 4.57. The van der Waals surface area contributed by atoms with Gasteiger partial charge in [0.15, 0.2) is 5.65 Å². The monoisotopic (exact) mass is 318 g/mol. The summed E-state index contributed by atoms with van der Waals surface area (Å²) in [5, 5.41) is 23.2. The summed E-state index contributed by atoms with van der Waals surface area (Å²) in [6, 6.07) is 14.7. The first-order valence-corrected chi connectivity index (χ1v) is 7.35. The number of nitrogens with two attached hydrogens (primary N) is 1. The van der Waals surface area contributed by atoms with Crippen LogP contribution in [-0.2, 0) is 7.05 Å². The van der Waals surface area contributed by atoms with Gasteiger partial charge < -0.3 is 15.5 Å². The van der Waals surface area contributed by atoms with E-state index in [1.807, 2.05) is 35.9 Å². The minimum Gasteiger partial charge on any atom is -0.507 e. The van der Waals surface area contributed by atoms with Gasteiger partial charge in [0.05, 0.1) is 5.52 Å². The van der Waals surface area contributed by atoms with Crippen molar-refractivity contribution in [1.82, 2.24) is 19.7 Å². The Hall–Kier alpha value is -3.48. The molecule has 0 fully saturated rings. The van der Waals surface area contributed by atoms with Crippen LogP contribution in [0.1, 0.15) is 11.4 Å². The summed E-state index contributed by atoms with van der Waals surface area (Å²) in [7, 11) is 1.92. The molecule has 0 unspecified atom stereocenters. The number of benzene rings is 2. The van der Waals surface area contributed by atoms with Gasteiger partial charge >= 0.3 is 0 Å². The minimum absolute atomic E-state index is 0.0578. The first kappa shape index (κ1) is 14.1. The van der Waals surface area contributed by atoms with E-state index in [2.05, 4.69) is 20.3 Å². The van der Waals surface area contributed by atoms with Gasteiger partial charge in [-0.2, -0.15) is 5.10 Å². The van der Waals surface area contributed by atoms with Crippen LogP contribution in [0.25, 0.3) is 22.1 Å². The molecule has 0 amide bonds. The van der Waals surface area contributed by atoms with E-state index >= 15 is 0 Å². The van der Waals surface area contributed by atoms with Gasteiger partial charge in [-0.1, -0.05) is 30.3 Å². The molecule has 0 aliphatic heterocycles. The normalized spacial score (nSPS) is 12.1. The number of hydrazone groups is 1. The lowest BCUT2D eigenvalue weighted by Gasteiger charge is -2.06. The van der Waals surface area contributed by atoms with Crippen LogP contribution in [0.4, 0.5) is 0 Å². The zero-order chi connectivity index (χ0) is 16.7. The topological polar surface area (TPSA) is 102 Å². The van der Waals surface area contributed by atoms with E-state index in [9.17, 15) is 5.11 Å². The van der Waals surface area contributed by atoms with E-state index in [0.29, 0.717) is 16.7 Å². The van der Waals surface area contributed by atoms with Crippen LogP contribution in [0.3, 0.4) is 0 Å². The fraction of sp³-hybridized carbons (Fsp3) is 0.0588. The standard InChI is InChI=1S/C17H14N6O/c1-23-12-8-4-2-6-10(12)15-17(23)19-16(22-21-15)14(20-18)11-7-3-5-9-13(11)24/h2-9,24H,18H2,1H3. The van der Waals surface area contributed by atoms with Crippen LogP contribution in [0.5, 0.6) is 5.75 Å². The average Bonchev–Trinajstić information content (AvgIpc) is 2.90. The fourth-order valence-corrected chi connectivity index (χ4v) is 2.83. The largest absolute Gasteiger partial charge is 0.507 e. The summed E-state index contributed by atoms with van der Waals surface area (Å²) in [6.07, 6.45) is 0. The highest BCUT2D eigenvalue weighted by molar-refractivity contribution is 6.13. The number of fused-ring (bicyclic) bond motifs is 3. The second-order valence-corrected chi connectivity index (χ2v) is 5.38. The number of aryl methyl sites for hydroxylation is 1. The molecule has 2 heterocycles. The Morgan fingerprint density at radius 1 is 1.08 bits per heavy atom. The molecule has 0 atom stereocenters. The zero-order valence-electron chi connectivity index (χ0n) is 12.9. The van der Waals surface area contributed by atoms with Crippen LogP contribution in [0.15, 0.2) is 53.6 Å². The van der Waals surface area contributed by atoms with Gasteiger partial charge in [0.25, 0.3) is 0 Å². The maximum Gasteiger partial charge on any atom is 0.204 e. The van der Waals surface area contributed by atoms with Crippen molar-refractivity contribution in [3.05, 3.63) is 59.9 Å². The van der Waals surface area contributed by atoms with Gasteiger partial charge in [0, 0.05) is 18.0 Å². The lowest BCUT2D eigenvalue weighted by molar-refractivity contribution is 0.474. The summed E-state index contributed by atoms with van der Waals surface area (Å²) in [5.41, 5.74) is 3.15. The maximum atomic E-state index is 10.0. The molecule has 0 spiro atoms. The van der Waals surface area contributed by atoms with Crippen LogP contribution in [0, 0.1) is 0 Å². The SMILES string of the molecule is Cn1c2ccccc2c2nnc(C(=NN)c3ccccc3O)nc21. The average molecular weight is 318 g/mol. The van der Waals surface area contributed by atoms with Crippen molar-refractivity contribution in [2.24, 2.45) is 18.0 Å². The Labute approximate surface area is 137 Å². The zero-order valence-corrected chi connectivity index (χ0v) is 12.9. The van der Waals surface area contributed by atoms with E-state index in [-0.39, 0.29) is 17.3 Å². The van der Waals surface area contributed by atoms with Crippen molar-refractivity contribution in [3.8, 4) is 5.75 Å². The third-order valence-electron chi connectivity index (χ3n) is 4.01. The quantitative estimate of drug-likeness (QED) is 0.334.